The van der Waals surface area contributed by atoms with Crippen LogP contribution in [0, 0.1) is 5.92 Å². The van der Waals surface area contributed by atoms with Crippen LogP contribution in [0.1, 0.15) is 12.5 Å². The highest BCUT2D eigenvalue weighted by molar-refractivity contribution is 7.98. The Hall–Kier alpha value is -0.740. The van der Waals surface area contributed by atoms with E-state index in [0.29, 0.717) is 5.15 Å². The molecule has 0 aromatic carbocycles. The van der Waals surface area contributed by atoms with Gasteiger partial charge in [0.2, 0.25) is 0 Å². The Morgan fingerprint density at radius 2 is 2.44 bits per heavy atom. The number of hydrogen-bond acceptors (Lipinski definition) is 4. The lowest BCUT2D eigenvalue weighted by Gasteiger charge is -2.08. The molecule has 0 aliphatic carbocycles. The van der Waals surface area contributed by atoms with Crippen LogP contribution in [-0.4, -0.2) is 23.8 Å². The van der Waals surface area contributed by atoms with Crippen molar-refractivity contribution in [3.63, 3.8) is 0 Å². The van der Waals surface area contributed by atoms with E-state index in [1.165, 1.54) is 7.11 Å². The van der Waals surface area contributed by atoms with Crippen LogP contribution in [0.25, 0.3) is 0 Å². The number of ether oxygens (including phenoxy) is 1. The highest BCUT2D eigenvalue weighted by Gasteiger charge is 2.12. The van der Waals surface area contributed by atoms with E-state index in [-0.39, 0.29) is 11.9 Å². The number of halogens is 1. The van der Waals surface area contributed by atoms with E-state index < -0.39 is 0 Å². The third-order valence-electron chi connectivity index (χ3n) is 2.03. The number of pyridine rings is 1. The topological polar surface area (TPSA) is 39.2 Å². The number of nitrogens with zero attached hydrogens (tertiary/aromatic N) is 1. The van der Waals surface area contributed by atoms with Gasteiger partial charge in [-0.3, -0.25) is 4.79 Å². The number of aromatic nitrogens is 1. The normalized spacial score (nSPS) is 12.2. The molecule has 1 rings (SSSR count). The summed E-state index contributed by atoms with van der Waals surface area (Å²) < 4.78 is 4.65. The molecule has 0 amide bonds. The third kappa shape index (κ3) is 4.41. The number of thioether (sulfide) groups is 1. The minimum atomic E-state index is -0.166. The molecule has 0 bridgehead atoms. The molecule has 0 fully saturated rings. The zero-order valence-corrected chi connectivity index (χ0v) is 10.8. The highest BCUT2D eigenvalue weighted by atomic mass is 35.5. The SMILES string of the molecule is COC(=O)C(C)CSCc1ccnc(Cl)c1. The standard InChI is InChI=1S/C11H14ClNO2S/c1-8(11(14)15-2)6-16-7-9-3-4-13-10(12)5-9/h3-5,8H,6-7H2,1-2H3. The van der Waals surface area contributed by atoms with Crippen molar-refractivity contribution in [2.75, 3.05) is 12.9 Å². The summed E-state index contributed by atoms with van der Waals surface area (Å²) in [5, 5.41) is 0.499. The summed E-state index contributed by atoms with van der Waals surface area (Å²) in [6.07, 6.45) is 1.68. The van der Waals surface area contributed by atoms with Gasteiger partial charge < -0.3 is 4.74 Å². The first-order chi connectivity index (χ1) is 7.63. The number of hydrogen-bond donors (Lipinski definition) is 0. The van der Waals surface area contributed by atoms with Crippen LogP contribution in [0.5, 0.6) is 0 Å². The second kappa shape index (κ2) is 6.76. The molecular formula is C11H14ClNO2S. The number of carbonyl (C=O) groups excluding carboxylic acids is 1. The van der Waals surface area contributed by atoms with Crippen molar-refractivity contribution in [2.45, 2.75) is 12.7 Å². The lowest BCUT2D eigenvalue weighted by Crippen LogP contribution is -2.14. The van der Waals surface area contributed by atoms with E-state index in [0.717, 1.165) is 17.1 Å². The zero-order chi connectivity index (χ0) is 12.0. The Kier molecular flexibility index (Phi) is 5.63. The predicted molar refractivity (Wildman–Crippen MR) is 66.6 cm³/mol. The Morgan fingerprint density at radius 3 is 3.06 bits per heavy atom. The van der Waals surface area contributed by atoms with Gasteiger partial charge in [-0.25, -0.2) is 4.98 Å². The molecule has 0 saturated carbocycles. The summed E-state index contributed by atoms with van der Waals surface area (Å²) >= 11 is 7.44. The molecule has 0 spiro atoms. The average Bonchev–Trinajstić information content (AvgIpc) is 2.28. The van der Waals surface area contributed by atoms with E-state index in [2.05, 4.69) is 9.72 Å². The van der Waals surface area contributed by atoms with Crippen molar-refractivity contribution in [3.8, 4) is 0 Å². The van der Waals surface area contributed by atoms with Crippen molar-refractivity contribution >= 4 is 29.3 Å². The van der Waals surface area contributed by atoms with Crippen LogP contribution >= 0.6 is 23.4 Å². The molecule has 1 atom stereocenters. The molecule has 1 heterocycles. The van der Waals surface area contributed by atoms with Crippen LogP contribution in [0.3, 0.4) is 0 Å². The summed E-state index contributed by atoms with van der Waals surface area (Å²) in [5.74, 6) is 1.32. The smallest absolute Gasteiger partial charge is 0.309 e. The van der Waals surface area contributed by atoms with Gasteiger partial charge in [-0.05, 0) is 17.7 Å². The second-order valence-corrected chi connectivity index (χ2v) is 4.84. The number of carbonyl (C=O) groups is 1. The van der Waals surface area contributed by atoms with Crippen molar-refractivity contribution < 1.29 is 9.53 Å². The van der Waals surface area contributed by atoms with E-state index in [4.69, 9.17) is 11.6 Å². The van der Waals surface area contributed by atoms with E-state index >= 15 is 0 Å². The molecule has 1 unspecified atom stereocenters. The first-order valence-electron chi connectivity index (χ1n) is 4.89. The first kappa shape index (κ1) is 13.3. The number of esters is 1. The van der Waals surface area contributed by atoms with Gasteiger partial charge in [-0.15, -0.1) is 0 Å². The Bertz CT molecular complexity index is 360. The number of rotatable bonds is 5. The molecule has 0 saturated heterocycles. The second-order valence-electron chi connectivity index (χ2n) is 3.43. The minimum Gasteiger partial charge on any atom is -0.469 e. The lowest BCUT2D eigenvalue weighted by molar-refractivity contribution is -0.143. The fraction of sp³-hybridized carbons (Fsp3) is 0.455. The Labute approximate surface area is 105 Å². The molecule has 1 aromatic heterocycles. The molecular weight excluding hydrogens is 246 g/mol. The first-order valence-corrected chi connectivity index (χ1v) is 6.42. The molecule has 0 N–H and O–H groups in total. The Morgan fingerprint density at radius 1 is 1.69 bits per heavy atom. The van der Waals surface area contributed by atoms with E-state index in [1.807, 2.05) is 19.1 Å². The molecule has 3 nitrogen and oxygen atoms in total. The third-order valence-corrected chi connectivity index (χ3v) is 3.51. The quantitative estimate of drug-likeness (QED) is 0.602. The predicted octanol–water partition coefficient (Wildman–Crippen LogP) is 2.78. The van der Waals surface area contributed by atoms with Crippen LogP contribution in [0.4, 0.5) is 0 Å². The summed E-state index contributed by atoms with van der Waals surface area (Å²) in [5.41, 5.74) is 1.11. The molecule has 0 radical (unpaired) electrons. The van der Waals surface area contributed by atoms with Gasteiger partial charge in [-0.2, -0.15) is 11.8 Å². The van der Waals surface area contributed by atoms with Gasteiger partial charge in [0.1, 0.15) is 5.15 Å². The summed E-state index contributed by atoms with van der Waals surface area (Å²) in [7, 11) is 1.41. The average molecular weight is 260 g/mol. The highest BCUT2D eigenvalue weighted by Crippen LogP contribution is 2.17. The fourth-order valence-electron chi connectivity index (χ4n) is 1.16. The van der Waals surface area contributed by atoms with Gasteiger partial charge in [0.15, 0.2) is 0 Å². The van der Waals surface area contributed by atoms with Gasteiger partial charge in [0.05, 0.1) is 13.0 Å². The van der Waals surface area contributed by atoms with Crippen LogP contribution < -0.4 is 0 Å². The maximum Gasteiger partial charge on any atom is 0.309 e. The Balaban J connectivity index is 2.33. The minimum absolute atomic E-state index is 0.0766. The van der Waals surface area contributed by atoms with Crippen molar-refractivity contribution in [3.05, 3.63) is 29.0 Å². The van der Waals surface area contributed by atoms with Crippen LogP contribution in [0.15, 0.2) is 18.3 Å². The van der Waals surface area contributed by atoms with Gasteiger partial charge >= 0.3 is 5.97 Å². The molecule has 16 heavy (non-hydrogen) atoms. The molecule has 0 aliphatic heterocycles. The largest absolute Gasteiger partial charge is 0.469 e. The molecule has 1 aromatic rings. The van der Waals surface area contributed by atoms with Crippen LogP contribution in [0.2, 0.25) is 5.15 Å². The maximum absolute atomic E-state index is 11.1. The fourth-order valence-corrected chi connectivity index (χ4v) is 2.37. The van der Waals surface area contributed by atoms with E-state index in [9.17, 15) is 4.79 Å². The molecule has 88 valence electrons. The zero-order valence-electron chi connectivity index (χ0n) is 9.27. The summed E-state index contributed by atoms with van der Waals surface area (Å²) in [6.45, 7) is 1.86. The van der Waals surface area contributed by atoms with E-state index in [1.54, 1.807) is 18.0 Å². The number of methoxy groups -OCH3 is 1. The van der Waals surface area contributed by atoms with Crippen molar-refractivity contribution in [1.29, 1.82) is 0 Å². The summed E-state index contributed by atoms with van der Waals surface area (Å²) in [6, 6.07) is 3.75. The molecule has 5 heteroatoms. The monoisotopic (exact) mass is 259 g/mol. The summed E-state index contributed by atoms with van der Waals surface area (Å²) in [4.78, 5) is 15.0. The maximum atomic E-state index is 11.1. The van der Waals surface area contributed by atoms with Crippen molar-refractivity contribution in [2.24, 2.45) is 5.92 Å². The lowest BCUT2D eigenvalue weighted by atomic mass is 10.2. The van der Waals surface area contributed by atoms with Gasteiger partial charge in [0.25, 0.3) is 0 Å². The van der Waals surface area contributed by atoms with Gasteiger partial charge in [0, 0.05) is 17.7 Å². The molecule has 0 aliphatic rings. The van der Waals surface area contributed by atoms with Gasteiger partial charge in [-0.1, -0.05) is 18.5 Å². The van der Waals surface area contributed by atoms with Crippen molar-refractivity contribution in [1.82, 2.24) is 4.98 Å². The van der Waals surface area contributed by atoms with Crippen LogP contribution in [-0.2, 0) is 15.3 Å².